The molecule has 2 aromatic carbocycles. The molecule has 2 amide bonds. The van der Waals surface area contributed by atoms with Crippen molar-refractivity contribution in [2.45, 2.75) is 78.6 Å². The molecule has 3 N–H and O–H groups in total. The van der Waals surface area contributed by atoms with Gasteiger partial charge in [0, 0.05) is 29.0 Å². The molecule has 0 aliphatic carbocycles. The summed E-state index contributed by atoms with van der Waals surface area (Å²) >= 11 is 0. The lowest BCUT2D eigenvalue weighted by Crippen LogP contribution is -2.44. The number of aliphatic hydroxyl groups excluding tert-OH is 1. The molecule has 0 saturated carbocycles. The zero-order chi connectivity index (χ0) is 31.6. The van der Waals surface area contributed by atoms with Crippen molar-refractivity contribution in [3.63, 3.8) is 0 Å². The molecule has 1 aromatic heterocycles. The molecule has 1 heterocycles. The van der Waals surface area contributed by atoms with E-state index in [0.29, 0.717) is 10.5 Å². The van der Waals surface area contributed by atoms with Gasteiger partial charge in [-0.3, -0.25) is 0 Å². The lowest BCUT2D eigenvalue weighted by atomic mass is 9.93. The number of anilines is 2. The van der Waals surface area contributed by atoms with Crippen LogP contribution in [0.5, 0.6) is 0 Å². The van der Waals surface area contributed by atoms with Crippen molar-refractivity contribution >= 4 is 40.4 Å². The molecule has 2 atom stereocenters. The molecule has 10 nitrogen and oxygen atoms in total. The van der Waals surface area contributed by atoms with E-state index in [4.69, 9.17) is 9.47 Å². The van der Waals surface area contributed by atoms with Gasteiger partial charge < -0.3 is 25.0 Å². The summed E-state index contributed by atoms with van der Waals surface area (Å²) in [5.41, 5.74) is 0.555. The van der Waals surface area contributed by atoms with Crippen LogP contribution in [0.4, 0.5) is 25.5 Å². The van der Waals surface area contributed by atoms with Crippen LogP contribution in [-0.4, -0.2) is 51.2 Å². The van der Waals surface area contributed by atoms with E-state index in [2.05, 4.69) is 10.3 Å². The van der Waals surface area contributed by atoms with Gasteiger partial charge in [0.25, 0.3) is 0 Å². The number of nitrogens with one attached hydrogen (secondary N) is 1. The number of rotatable bonds is 7. The number of aliphatic carboxylic acids is 1. The van der Waals surface area contributed by atoms with Gasteiger partial charge in [-0.2, -0.15) is 4.90 Å². The number of hydrogen-bond donors (Lipinski definition) is 3. The van der Waals surface area contributed by atoms with E-state index < -0.39 is 41.2 Å². The number of imide groups is 1. The lowest BCUT2D eigenvalue weighted by molar-refractivity contribution is -0.138. The van der Waals surface area contributed by atoms with Crippen molar-refractivity contribution in [2.24, 2.45) is 0 Å². The second kappa shape index (κ2) is 12.3. The number of carbonyl (C=O) groups excluding carboxylic acids is 2. The predicted molar refractivity (Wildman–Crippen MR) is 157 cm³/mol. The Kier molecular flexibility index (Phi) is 9.46. The SMILES string of the molecule is Cc1cc(C(Nc2ccc3c(N(C(=O)OC(C)(C)C)C(=O)OC(C)(C)C)ncc(F)c3c2)C(=O)O)ccc1[C@@H](C)CO. The van der Waals surface area contributed by atoms with Crippen LogP contribution in [0.2, 0.25) is 0 Å². The van der Waals surface area contributed by atoms with E-state index in [1.165, 1.54) is 18.2 Å². The van der Waals surface area contributed by atoms with Gasteiger partial charge in [0.05, 0.1) is 6.20 Å². The Morgan fingerprint density at radius 1 is 0.976 bits per heavy atom. The summed E-state index contributed by atoms with van der Waals surface area (Å²) in [5.74, 6) is -2.23. The first kappa shape index (κ1) is 32.3. The van der Waals surface area contributed by atoms with Crippen LogP contribution < -0.4 is 10.2 Å². The molecular weight excluding hydrogens is 545 g/mol. The normalized spacial score (nSPS) is 13.3. The minimum Gasteiger partial charge on any atom is -0.479 e. The van der Waals surface area contributed by atoms with Crippen LogP contribution in [0.25, 0.3) is 10.8 Å². The highest BCUT2D eigenvalue weighted by Gasteiger charge is 2.35. The van der Waals surface area contributed by atoms with Crippen LogP contribution in [0.15, 0.2) is 42.6 Å². The summed E-state index contributed by atoms with van der Waals surface area (Å²) in [6.45, 7) is 13.5. The first-order chi connectivity index (χ1) is 19.4. The predicted octanol–water partition coefficient (Wildman–Crippen LogP) is 6.69. The van der Waals surface area contributed by atoms with Gasteiger partial charge in [-0.15, -0.1) is 0 Å². The van der Waals surface area contributed by atoms with Crippen LogP contribution in [0, 0.1) is 12.7 Å². The maximum absolute atomic E-state index is 15.1. The third kappa shape index (κ3) is 7.73. The molecule has 226 valence electrons. The summed E-state index contributed by atoms with van der Waals surface area (Å²) in [4.78, 5) is 43.2. The fraction of sp³-hybridized carbons (Fsp3) is 0.419. The van der Waals surface area contributed by atoms with Crippen molar-refractivity contribution in [1.29, 1.82) is 0 Å². The Morgan fingerprint density at radius 3 is 2.07 bits per heavy atom. The molecule has 0 radical (unpaired) electrons. The van der Waals surface area contributed by atoms with Gasteiger partial charge in [0.1, 0.15) is 17.0 Å². The number of hydrogen-bond acceptors (Lipinski definition) is 8. The second-order valence-electron chi connectivity index (χ2n) is 12.1. The maximum atomic E-state index is 15.1. The number of aryl methyl sites for hydroxylation is 1. The lowest BCUT2D eigenvalue weighted by Gasteiger charge is -2.28. The fourth-order valence-corrected chi connectivity index (χ4v) is 4.31. The van der Waals surface area contributed by atoms with Gasteiger partial charge in [-0.1, -0.05) is 25.1 Å². The monoisotopic (exact) mass is 583 g/mol. The Balaban J connectivity index is 2.07. The number of carbonyl (C=O) groups is 3. The summed E-state index contributed by atoms with van der Waals surface area (Å²) in [6.07, 6.45) is -1.25. The zero-order valence-corrected chi connectivity index (χ0v) is 25.1. The summed E-state index contributed by atoms with van der Waals surface area (Å²) in [6, 6.07) is 8.32. The molecule has 0 spiro atoms. The Morgan fingerprint density at radius 2 is 1.57 bits per heavy atom. The van der Waals surface area contributed by atoms with E-state index in [9.17, 15) is 24.6 Å². The van der Waals surface area contributed by atoms with Gasteiger partial charge in [0.2, 0.25) is 0 Å². The first-order valence-electron chi connectivity index (χ1n) is 13.5. The van der Waals surface area contributed by atoms with Crippen LogP contribution >= 0.6 is 0 Å². The quantitative estimate of drug-likeness (QED) is 0.278. The number of fused-ring (bicyclic) bond motifs is 1. The average molecular weight is 584 g/mol. The molecule has 0 aliphatic rings. The third-order valence-corrected chi connectivity index (χ3v) is 6.17. The largest absolute Gasteiger partial charge is 0.479 e. The Bertz CT molecular complexity index is 1470. The summed E-state index contributed by atoms with van der Waals surface area (Å²) < 4.78 is 25.9. The second-order valence-corrected chi connectivity index (χ2v) is 12.1. The number of aromatic nitrogens is 1. The van der Waals surface area contributed by atoms with Crippen molar-refractivity contribution in [3.8, 4) is 0 Å². The van der Waals surface area contributed by atoms with Crippen molar-refractivity contribution in [1.82, 2.24) is 4.98 Å². The molecule has 0 bridgehead atoms. The molecule has 0 saturated heterocycles. The number of carboxylic acid groups (broad SMARTS) is 1. The molecule has 3 rings (SSSR count). The van der Waals surface area contributed by atoms with Crippen LogP contribution in [0.3, 0.4) is 0 Å². The van der Waals surface area contributed by atoms with E-state index >= 15 is 4.39 Å². The molecule has 1 unspecified atom stereocenters. The highest BCUT2D eigenvalue weighted by molar-refractivity contribution is 6.14. The van der Waals surface area contributed by atoms with Crippen molar-refractivity contribution in [2.75, 3.05) is 16.8 Å². The van der Waals surface area contributed by atoms with Gasteiger partial charge >= 0.3 is 18.2 Å². The summed E-state index contributed by atoms with van der Waals surface area (Å²) in [7, 11) is 0. The average Bonchev–Trinajstić information content (AvgIpc) is 2.86. The highest BCUT2D eigenvalue weighted by Crippen LogP contribution is 2.33. The van der Waals surface area contributed by atoms with Gasteiger partial charge in [-0.05, 0) is 83.4 Å². The minimum absolute atomic E-state index is 0.0189. The number of nitrogens with zero attached hydrogens (tertiary/aromatic N) is 2. The molecule has 11 heteroatoms. The molecule has 0 aliphatic heterocycles. The Hall–Kier alpha value is -4.25. The van der Waals surface area contributed by atoms with Crippen molar-refractivity contribution < 1.29 is 38.5 Å². The number of benzene rings is 2. The smallest absolute Gasteiger partial charge is 0.425 e. The van der Waals surface area contributed by atoms with Gasteiger partial charge in [0.15, 0.2) is 11.9 Å². The summed E-state index contributed by atoms with van der Waals surface area (Å²) in [5, 5.41) is 22.5. The Labute approximate surface area is 244 Å². The van der Waals surface area contributed by atoms with Gasteiger partial charge in [-0.25, -0.2) is 23.8 Å². The number of carboxylic acids is 1. The van der Waals surface area contributed by atoms with E-state index in [0.717, 1.165) is 17.3 Å². The number of ether oxygens (including phenoxy) is 2. The molecule has 0 fully saturated rings. The van der Waals surface area contributed by atoms with E-state index in [1.54, 1.807) is 59.7 Å². The highest BCUT2D eigenvalue weighted by atomic mass is 19.1. The maximum Gasteiger partial charge on any atom is 0.425 e. The fourth-order valence-electron chi connectivity index (χ4n) is 4.31. The van der Waals surface area contributed by atoms with Crippen molar-refractivity contribution in [3.05, 3.63) is 65.1 Å². The zero-order valence-electron chi connectivity index (χ0n) is 25.1. The van der Waals surface area contributed by atoms with Crippen LogP contribution in [-0.2, 0) is 14.3 Å². The molecule has 42 heavy (non-hydrogen) atoms. The topological polar surface area (TPSA) is 138 Å². The number of amides is 2. The number of halogens is 1. The minimum atomic E-state index is -1.18. The van der Waals surface area contributed by atoms with E-state index in [1.807, 2.05) is 13.8 Å². The molecular formula is C31H38FN3O7. The molecule has 3 aromatic rings. The number of aliphatic hydroxyl groups is 1. The van der Waals surface area contributed by atoms with Crippen LogP contribution in [0.1, 0.15) is 77.1 Å². The third-order valence-electron chi connectivity index (χ3n) is 6.17. The number of pyridine rings is 1. The standard InChI is InChI=1S/C31H38FN3O7/c1-17-13-19(9-11-21(17)18(2)16-36)25(27(37)38)34-20-10-12-22-23(14-20)24(32)15-33-26(22)35(28(39)41-30(3,4)5)29(40)42-31(6,7)8/h9-15,18,25,34,36H,16H2,1-8H3,(H,37,38)/t18-,25?/m0/s1. The van der Waals surface area contributed by atoms with E-state index in [-0.39, 0.29) is 34.8 Å². The first-order valence-corrected chi connectivity index (χ1v) is 13.5.